The molecule has 0 aromatic heterocycles. The zero-order valence-corrected chi connectivity index (χ0v) is 17.2. The number of aliphatic hydroxyl groups excluding tert-OH is 1. The largest absolute Gasteiger partial charge is 0.444 e. The molecule has 0 aliphatic carbocycles. The van der Waals surface area contributed by atoms with Crippen molar-refractivity contribution >= 4 is 6.09 Å². The summed E-state index contributed by atoms with van der Waals surface area (Å²) in [5.41, 5.74) is 0.212. The predicted octanol–water partition coefficient (Wildman–Crippen LogP) is 3.69. The standard InChI is InChI=1S/C22H27F3N2O3/c1-22(2,3)30-21(29)27-19(10-15-8-17(24)11-18(25)9-15)20(28)13-26-12-14-5-4-6-16(23)7-14/h4-9,11,19-20,26,28H,10,12-13H2,1-3H3,(H,27,29)/t19-,20+/m0/s1. The van der Waals surface area contributed by atoms with Crippen molar-refractivity contribution in [2.24, 2.45) is 0 Å². The SMILES string of the molecule is CC(C)(C)OC(=O)N[C@@H](Cc1cc(F)cc(F)c1)[C@H](O)CNCc1cccc(F)c1. The summed E-state index contributed by atoms with van der Waals surface area (Å²) in [4.78, 5) is 12.2. The lowest BCUT2D eigenvalue weighted by Gasteiger charge is -2.27. The lowest BCUT2D eigenvalue weighted by atomic mass is 10.0. The minimum Gasteiger partial charge on any atom is -0.444 e. The molecular weight excluding hydrogens is 397 g/mol. The lowest BCUT2D eigenvalue weighted by molar-refractivity contribution is 0.0422. The van der Waals surface area contributed by atoms with Crippen molar-refractivity contribution in [3.8, 4) is 0 Å². The Balaban J connectivity index is 2.05. The van der Waals surface area contributed by atoms with Crippen LogP contribution in [0.25, 0.3) is 0 Å². The van der Waals surface area contributed by atoms with Gasteiger partial charge in [-0.25, -0.2) is 18.0 Å². The summed E-state index contributed by atoms with van der Waals surface area (Å²) in [5.74, 6) is -1.87. The maximum absolute atomic E-state index is 13.5. The first-order chi connectivity index (χ1) is 14.0. The molecule has 2 rings (SSSR count). The van der Waals surface area contributed by atoms with Gasteiger partial charge in [0.2, 0.25) is 0 Å². The molecule has 0 fully saturated rings. The molecule has 0 bridgehead atoms. The van der Waals surface area contributed by atoms with Crippen molar-refractivity contribution in [2.45, 2.75) is 51.5 Å². The normalized spacial score (nSPS) is 13.6. The van der Waals surface area contributed by atoms with Crippen LogP contribution in [0.4, 0.5) is 18.0 Å². The van der Waals surface area contributed by atoms with Crippen LogP contribution in [0.1, 0.15) is 31.9 Å². The molecule has 0 unspecified atom stereocenters. The van der Waals surface area contributed by atoms with Crippen LogP contribution in [0, 0.1) is 17.5 Å². The first-order valence-corrected chi connectivity index (χ1v) is 9.59. The van der Waals surface area contributed by atoms with Gasteiger partial charge in [-0.3, -0.25) is 0 Å². The number of carbonyl (C=O) groups is 1. The van der Waals surface area contributed by atoms with Crippen molar-refractivity contribution in [3.63, 3.8) is 0 Å². The van der Waals surface area contributed by atoms with Gasteiger partial charge < -0.3 is 20.5 Å². The monoisotopic (exact) mass is 424 g/mol. The maximum atomic E-state index is 13.5. The van der Waals surface area contributed by atoms with E-state index < -0.39 is 35.5 Å². The van der Waals surface area contributed by atoms with Crippen molar-refractivity contribution < 1.29 is 27.8 Å². The van der Waals surface area contributed by atoms with Gasteiger partial charge >= 0.3 is 6.09 Å². The van der Waals surface area contributed by atoms with Gasteiger partial charge in [-0.1, -0.05) is 12.1 Å². The van der Waals surface area contributed by atoms with Gasteiger partial charge in [0.25, 0.3) is 0 Å². The molecule has 0 aliphatic rings. The van der Waals surface area contributed by atoms with Crippen LogP contribution in [0.3, 0.4) is 0 Å². The zero-order valence-electron chi connectivity index (χ0n) is 17.2. The fourth-order valence-electron chi connectivity index (χ4n) is 2.88. The molecule has 3 N–H and O–H groups in total. The van der Waals surface area contributed by atoms with E-state index in [1.54, 1.807) is 32.9 Å². The van der Waals surface area contributed by atoms with Crippen LogP contribution in [-0.4, -0.2) is 35.5 Å². The fraction of sp³-hybridized carbons (Fsp3) is 0.409. The number of nitrogens with one attached hydrogen (secondary N) is 2. The van der Waals surface area contributed by atoms with Crippen LogP contribution in [0.5, 0.6) is 0 Å². The average Bonchev–Trinajstić information content (AvgIpc) is 2.58. The molecule has 30 heavy (non-hydrogen) atoms. The molecule has 164 valence electrons. The fourth-order valence-corrected chi connectivity index (χ4v) is 2.88. The van der Waals surface area contributed by atoms with Crippen LogP contribution in [0.2, 0.25) is 0 Å². The first kappa shape index (κ1) is 23.7. The van der Waals surface area contributed by atoms with E-state index in [0.717, 1.165) is 18.2 Å². The molecule has 2 aromatic rings. The number of benzene rings is 2. The minimum absolute atomic E-state index is 0.0171. The van der Waals surface area contributed by atoms with Gasteiger partial charge in [0.05, 0.1) is 12.1 Å². The summed E-state index contributed by atoms with van der Waals surface area (Å²) < 4.78 is 45.5. The van der Waals surface area contributed by atoms with E-state index in [4.69, 9.17) is 4.74 Å². The summed E-state index contributed by atoms with van der Waals surface area (Å²) in [6.45, 7) is 5.43. The molecule has 2 atom stereocenters. The maximum Gasteiger partial charge on any atom is 0.407 e. The summed E-state index contributed by atoms with van der Waals surface area (Å²) >= 11 is 0. The molecule has 2 aromatic carbocycles. The predicted molar refractivity (Wildman–Crippen MR) is 107 cm³/mol. The van der Waals surface area contributed by atoms with Crippen LogP contribution in [0.15, 0.2) is 42.5 Å². The Morgan fingerprint density at radius 2 is 1.67 bits per heavy atom. The molecule has 5 nitrogen and oxygen atoms in total. The van der Waals surface area contributed by atoms with Gasteiger partial charge in [-0.2, -0.15) is 0 Å². The molecule has 0 radical (unpaired) electrons. The highest BCUT2D eigenvalue weighted by molar-refractivity contribution is 5.68. The second-order valence-corrected chi connectivity index (χ2v) is 8.06. The van der Waals surface area contributed by atoms with E-state index in [2.05, 4.69) is 10.6 Å². The molecular formula is C22H27F3N2O3. The van der Waals surface area contributed by atoms with Crippen LogP contribution >= 0.6 is 0 Å². The molecule has 0 heterocycles. The number of rotatable bonds is 8. The quantitative estimate of drug-likeness (QED) is 0.605. The zero-order chi connectivity index (χ0) is 22.3. The number of carbonyl (C=O) groups excluding carboxylic acids is 1. The van der Waals surface area contributed by atoms with E-state index in [-0.39, 0.29) is 24.3 Å². The molecule has 8 heteroatoms. The molecule has 0 aliphatic heterocycles. The van der Waals surface area contributed by atoms with Crippen molar-refractivity contribution in [1.82, 2.24) is 10.6 Å². The van der Waals surface area contributed by atoms with Crippen LogP contribution in [-0.2, 0) is 17.7 Å². The van der Waals surface area contributed by atoms with E-state index in [9.17, 15) is 23.1 Å². The summed E-state index contributed by atoms with van der Waals surface area (Å²) in [6, 6.07) is 8.16. The van der Waals surface area contributed by atoms with Gasteiger partial charge in [0.1, 0.15) is 23.1 Å². The lowest BCUT2D eigenvalue weighted by Crippen LogP contribution is -2.49. The number of alkyl carbamates (subject to hydrolysis) is 1. The minimum atomic E-state index is -1.10. The van der Waals surface area contributed by atoms with Gasteiger partial charge in [0, 0.05) is 19.2 Å². The Kier molecular flexibility index (Phi) is 8.25. The Hall–Kier alpha value is -2.58. The topological polar surface area (TPSA) is 70.6 Å². The third-order valence-electron chi connectivity index (χ3n) is 4.12. The van der Waals surface area contributed by atoms with E-state index in [1.807, 2.05) is 0 Å². The van der Waals surface area contributed by atoms with Crippen LogP contribution < -0.4 is 10.6 Å². The smallest absolute Gasteiger partial charge is 0.407 e. The first-order valence-electron chi connectivity index (χ1n) is 9.59. The van der Waals surface area contributed by atoms with Crippen molar-refractivity contribution in [2.75, 3.05) is 6.54 Å². The number of ether oxygens (including phenoxy) is 1. The number of amides is 1. The third kappa shape index (κ3) is 8.42. The van der Waals surface area contributed by atoms with E-state index in [0.29, 0.717) is 12.1 Å². The number of hydrogen-bond donors (Lipinski definition) is 3. The Labute approximate surface area is 174 Å². The molecule has 0 saturated carbocycles. The second-order valence-electron chi connectivity index (χ2n) is 8.06. The summed E-state index contributed by atoms with van der Waals surface area (Å²) in [6.07, 6.45) is -1.87. The Morgan fingerprint density at radius 1 is 1.03 bits per heavy atom. The number of aliphatic hydroxyl groups is 1. The highest BCUT2D eigenvalue weighted by atomic mass is 19.1. The molecule has 1 amide bonds. The van der Waals surface area contributed by atoms with Gasteiger partial charge in [-0.05, 0) is 62.6 Å². The van der Waals surface area contributed by atoms with Crippen molar-refractivity contribution in [3.05, 3.63) is 71.0 Å². The van der Waals surface area contributed by atoms with Gasteiger partial charge in [-0.15, -0.1) is 0 Å². The van der Waals surface area contributed by atoms with Gasteiger partial charge in [0.15, 0.2) is 0 Å². The molecule has 0 spiro atoms. The average molecular weight is 424 g/mol. The van der Waals surface area contributed by atoms with E-state index >= 15 is 0 Å². The van der Waals surface area contributed by atoms with E-state index in [1.165, 1.54) is 12.1 Å². The second kappa shape index (κ2) is 10.4. The highest BCUT2D eigenvalue weighted by Crippen LogP contribution is 2.13. The Bertz CT molecular complexity index is 836. The number of halogens is 3. The summed E-state index contributed by atoms with van der Waals surface area (Å²) in [7, 11) is 0. The third-order valence-corrected chi connectivity index (χ3v) is 4.12. The summed E-state index contributed by atoms with van der Waals surface area (Å²) in [5, 5.41) is 16.1. The van der Waals surface area contributed by atoms with Crippen molar-refractivity contribution in [1.29, 1.82) is 0 Å². The molecule has 0 saturated heterocycles. The number of hydrogen-bond acceptors (Lipinski definition) is 4. The Morgan fingerprint density at radius 3 is 2.27 bits per heavy atom. The highest BCUT2D eigenvalue weighted by Gasteiger charge is 2.25.